The highest BCUT2D eigenvalue weighted by Crippen LogP contribution is 2.19. The minimum atomic E-state index is -0.165. The number of likely N-dealkylation sites (N-methyl/N-ethyl adjacent to an activating group) is 1. The number of benzene rings is 2. The van der Waals surface area contributed by atoms with Crippen molar-refractivity contribution in [3.05, 3.63) is 60.2 Å². The molecule has 4 nitrogen and oxygen atoms in total. The van der Waals surface area contributed by atoms with Crippen molar-refractivity contribution in [2.45, 2.75) is 0 Å². The second-order valence-electron chi connectivity index (χ2n) is 4.97. The fourth-order valence-electron chi connectivity index (χ4n) is 1.84. The average Bonchev–Trinajstić information content (AvgIpc) is 2.48. The fraction of sp³-hybridized carbons (Fsp3) is 0.235. The second kappa shape index (κ2) is 7.45. The van der Waals surface area contributed by atoms with Gasteiger partial charge in [-0.15, -0.1) is 0 Å². The summed E-state index contributed by atoms with van der Waals surface area (Å²) in [5, 5.41) is 2.87. The zero-order valence-electron chi connectivity index (χ0n) is 12.4. The van der Waals surface area contributed by atoms with Gasteiger partial charge in [0.15, 0.2) is 0 Å². The third kappa shape index (κ3) is 4.61. The molecular formula is C17H20N2O2. The van der Waals surface area contributed by atoms with Crippen LogP contribution in [0.5, 0.6) is 5.75 Å². The van der Waals surface area contributed by atoms with E-state index in [1.807, 2.05) is 67.5 Å². The Morgan fingerprint density at radius 3 is 2.43 bits per heavy atom. The van der Waals surface area contributed by atoms with Crippen molar-refractivity contribution < 1.29 is 9.53 Å². The molecule has 0 radical (unpaired) electrons. The number of ether oxygens (including phenoxy) is 1. The van der Waals surface area contributed by atoms with Gasteiger partial charge in [0, 0.05) is 12.2 Å². The standard InChI is InChI=1S/C17H20N2O2/c1-19(2)12-13-21-16-11-7-6-10-15(16)17(20)18-14-8-4-3-5-9-14/h3-11H,12-13H2,1-2H3,(H,18,20). The Hall–Kier alpha value is -2.33. The summed E-state index contributed by atoms with van der Waals surface area (Å²) in [6, 6.07) is 16.7. The first-order valence-electron chi connectivity index (χ1n) is 6.90. The molecule has 0 atom stereocenters. The van der Waals surface area contributed by atoms with E-state index < -0.39 is 0 Å². The molecule has 0 bridgehead atoms. The highest BCUT2D eigenvalue weighted by Gasteiger charge is 2.12. The lowest BCUT2D eigenvalue weighted by molar-refractivity contribution is 0.102. The van der Waals surface area contributed by atoms with E-state index in [0.717, 1.165) is 12.2 Å². The maximum Gasteiger partial charge on any atom is 0.259 e. The molecule has 0 saturated carbocycles. The van der Waals surface area contributed by atoms with Crippen LogP contribution < -0.4 is 10.1 Å². The van der Waals surface area contributed by atoms with Crippen molar-refractivity contribution >= 4 is 11.6 Å². The molecule has 21 heavy (non-hydrogen) atoms. The molecule has 2 rings (SSSR count). The molecule has 1 N–H and O–H groups in total. The lowest BCUT2D eigenvalue weighted by Gasteiger charge is -2.14. The van der Waals surface area contributed by atoms with Gasteiger partial charge in [-0.25, -0.2) is 0 Å². The van der Waals surface area contributed by atoms with Crippen LogP contribution in [-0.2, 0) is 0 Å². The van der Waals surface area contributed by atoms with Gasteiger partial charge in [-0.05, 0) is 38.4 Å². The Morgan fingerprint density at radius 1 is 1.05 bits per heavy atom. The third-order valence-electron chi connectivity index (χ3n) is 2.96. The highest BCUT2D eigenvalue weighted by atomic mass is 16.5. The minimum absolute atomic E-state index is 0.165. The lowest BCUT2D eigenvalue weighted by atomic mass is 10.2. The Bertz CT molecular complexity index is 582. The topological polar surface area (TPSA) is 41.6 Å². The number of rotatable bonds is 6. The van der Waals surface area contributed by atoms with Crippen LogP contribution in [-0.4, -0.2) is 38.1 Å². The van der Waals surface area contributed by atoms with Crippen LogP contribution in [0, 0.1) is 0 Å². The smallest absolute Gasteiger partial charge is 0.259 e. The predicted octanol–water partition coefficient (Wildman–Crippen LogP) is 2.88. The van der Waals surface area contributed by atoms with E-state index in [1.54, 1.807) is 6.07 Å². The first-order chi connectivity index (χ1) is 10.2. The van der Waals surface area contributed by atoms with Gasteiger partial charge in [0.2, 0.25) is 0 Å². The van der Waals surface area contributed by atoms with Crippen molar-refractivity contribution in [2.75, 3.05) is 32.6 Å². The van der Waals surface area contributed by atoms with E-state index in [0.29, 0.717) is 17.9 Å². The summed E-state index contributed by atoms with van der Waals surface area (Å²) in [5.74, 6) is 0.439. The number of amides is 1. The molecule has 0 aliphatic carbocycles. The van der Waals surface area contributed by atoms with Gasteiger partial charge in [0.25, 0.3) is 5.91 Å². The SMILES string of the molecule is CN(C)CCOc1ccccc1C(=O)Nc1ccccc1. The van der Waals surface area contributed by atoms with Crippen LogP contribution >= 0.6 is 0 Å². The van der Waals surface area contributed by atoms with E-state index >= 15 is 0 Å². The number of hydrogen-bond donors (Lipinski definition) is 1. The molecule has 0 fully saturated rings. The summed E-state index contributed by atoms with van der Waals surface area (Å²) < 4.78 is 5.70. The summed E-state index contributed by atoms with van der Waals surface area (Å²) in [5.41, 5.74) is 1.31. The number of carbonyl (C=O) groups is 1. The van der Waals surface area contributed by atoms with Gasteiger partial charge in [0.05, 0.1) is 5.56 Å². The molecular weight excluding hydrogens is 264 g/mol. The van der Waals surface area contributed by atoms with Crippen LogP contribution in [0.25, 0.3) is 0 Å². The maximum atomic E-state index is 12.3. The van der Waals surface area contributed by atoms with Crippen LogP contribution in [0.2, 0.25) is 0 Å². The molecule has 0 aliphatic heterocycles. The normalized spacial score (nSPS) is 10.4. The molecule has 0 unspecified atom stereocenters. The summed E-state index contributed by atoms with van der Waals surface area (Å²) in [4.78, 5) is 14.4. The third-order valence-corrected chi connectivity index (χ3v) is 2.96. The predicted molar refractivity (Wildman–Crippen MR) is 84.9 cm³/mol. The number of nitrogens with zero attached hydrogens (tertiary/aromatic N) is 1. The Kier molecular flexibility index (Phi) is 5.35. The van der Waals surface area contributed by atoms with E-state index in [1.165, 1.54) is 0 Å². The molecule has 0 spiro atoms. The Balaban J connectivity index is 2.06. The molecule has 0 heterocycles. The van der Waals surface area contributed by atoms with Crippen LogP contribution in [0.15, 0.2) is 54.6 Å². The summed E-state index contributed by atoms with van der Waals surface area (Å²) in [7, 11) is 3.97. The van der Waals surface area contributed by atoms with Gasteiger partial charge in [0.1, 0.15) is 12.4 Å². The van der Waals surface area contributed by atoms with E-state index in [2.05, 4.69) is 5.32 Å². The number of anilines is 1. The van der Waals surface area contributed by atoms with Gasteiger partial charge in [-0.3, -0.25) is 4.79 Å². The number of hydrogen-bond acceptors (Lipinski definition) is 3. The largest absolute Gasteiger partial charge is 0.491 e. The van der Waals surface area contributed by atoms with Crippen molar-refractivity contribution in [3.8, 4) is 5.75 Å². The van der Waals surface area contributed by atoms with Crippen molar-refractivity contribution in [2.24, 2.45) is 0 Å². The van der Waals surface area contributed by atoms with Gasteiger partial charge < -0.3 is 15.0 Å². The molecule has 4 heteroatoms. The number of carbonyl (C=O) groups excluding carboxylic acids is 1. The van der Waals surface area contributed by atoms with E-state index in [-0.39, 0.29) is 5.91 Å². The van der Waals surface area contributed by atoms with Crippen LogP contribution in [0.3, 0.4) is 0 Å². The van der Waals surface area contributed by atoms with Gasteiger partial charge >= 0.3 is 0 Å². The molecule has 110 valence electrons. The van der Waals surface area contributed by atoms with Crippen molar-refractivity contribution in [1.29, 1.82) is 0 Å². The van der Waals surface area contributed by atoms with Crippen LogP contribution in [0.1, 0.15) is 10.4 Å². The Labute approximate surface area is 125 Å². The first-order valence-corrected chi connectivity index (χ1v) is 6.90. The quantitative estimate of drug-likeness (QED) is 0.887. The van der Waals surface area contributed by atoms with Crippen LogP contribution in [0.4, 0.5) is 5.69 Å². The summed E-state index contributed by atoms with van der Waals surface area (Å²) in [6.07, 6.45) is 0. The average molecular weight is 284 g/mol. The summed E-state index contributed by atoms with van der Waals surface area (Å²) in [6.45, 7) is 1.34. The molecule has 2 aromatic rings. The monoisotopic (exact) mass is 284 g/mol. The van der Waals surface area contributed by atoms with Crippen molar-refractivity contribution in [3.63, 3.8) is 0 Å². The highest BCUT2D eigenvalue weighted by molar-refractivity contribution is 6.06. The zero-order valence-corrected chi connectivity index (χ0v) is 12.4. The van der Waals surface area contributed by atoms with Crippen molar-refractivity contribution in [1.82, 2.24) is 4.90 Å². The number of para-hydroxylation sites is 2. The second-order valence-corrected chi connectivity index (χ2v) is 4.97. The number of nitrogens with one attached hydrogen (secondary N) is 1. The minimum Gasteiger partial charge on any atom is -0.491 e. The fourth-order valence-corrected chi connectivity index (χ4v) is 1.84. The molecule has 0 aliphatic rings. The molecule has 2 aromatic carbocycles. The molecule has 1 amide bonds. The Morgan fingerprint density at radius 2 is 1.71 bits per heavy atom. The first kappa shape index (κ1) is 15.1. The van der Waals surface area contributed by atoms with E-state index in [9.17, 15) is 4.79 Å². The zero-order chi connectivity index (χ0) is 15.1. The van der Waals surface area contributed by atoms with E-state index in [4.69, 9.17) is 4.74 Å². The molecule has 0 aromatic heterocycles. The molecule has 0 saturated heterocycles. The maximum absolute atomic E-state index is 12.3. The summed E-state index contributed by atoms with van der Waals surface area (Å²) >= 11 is 0. The van der Waals surface area contributed by atoms with Gasteiger partial charge in [-0.2, -0.15) is 0 Å². The lowest BCUT2D eigenvalue weighted by Crippen LogP contribution is -2.20. The van der Waals surface area contributed by atoms with Gasteiger partial charge in [-0.1, -0.05) is 30.3 Å².